The third-order valence-corrected chi connectivity index (χ3v) is 3.70. The quantitative estimate of drug-likeness (QED) is 0.465. The van der Waals surface area contributed by atoms with E-state index >= 15 is 0 Å². The highest BCUT2D eigenvalue weighted by molar-refractivity contribution is 6.02. The molecule has 0 fully saturated rings. The molecule has 0 unspecified atom stereocenters. The molecule has 2 rings (SSSR count). The molecule has 26 heavy (non-hydrogen) atoms. The summed E-state index contributed by atoms with van der Waals surface area (Å²) in [6, 6.07) is 15.2. The molecule has 4 heteroatoms. The van der Waals surface area contributed by atoms with Crippen LogP contribution in [0.15, 0.2) is 54.6 Å². The lowest BCUT2D eigenvalue weighted by atomic mass is 10.2. The third-order valence-electron chi connectivity index (χ3n) is 3.70. The second kappa shape index (κ2) is 11.0. The SMILES string of the molecule is CCCCOc1ccccc1NC(=O)/C=C/c1ccccc1OCCC. The van der Waals surface area contributed by atoms with Crippen LogP contribution in [0.3, 0.4) is 0 Å². The minimum absolute atomic E-state index is 0.207. The zero-order valence-corrected chi connectivity index (χ0v) is 15.5. The Morgan fingerprint density at radius 2 is 1.62 bits per heavy atom. The van der Waals surface area contributed by atoms with Crippen LogP contribution >= 0.6 is 0 Å². The first-order valence-electron chi connectivity index (χ1n) is 9.17. The third kappa shape index (κ3) is 6.28. The van der Waals surface area contributed by atoms with E-state index in [1.165, 1.54) is 6.08 Å². The maximum Gasteiger partial charge on any atom is 0.248 e. The van der Waals surface area contributed by atoms with Crippen LogP contribution in [0.2, 0.25) is 0 Å². The molecule has 4 nitrogen and oxygen atoms in total. The van der Waals surface area contributed by atoms with E-state index in [1.54, 1.807) is 6.08 Å². The van der Waals surface area contributed by atoms with Gasteiger partial charge in [0.2, 0.25) is 5.91 Å². The van der Waals surface area contributed by atoms with Crippen LogP contribution < -0.4 is 14.8 Å². The van der Waals surface area contributed by atoms with E-state index in [4.69, 9.17) is 9.47 Å². The number of hydrogen-bond donors (Lipinski definition) is 1. The van der Waals surface area contributed by atoms with Gasteiger partial charge in [-0.2, -0.15) is 0 Å². The number of benzene rings is 2. The summed E-state index contributed by atoms with van der Waals surface area (Å²) >= 11 is 0. The summed E-state index contributed by atoms with van der Waals surface area (Å²) in [7, 11) is 0. The Morgan fingerprint density at radius 3 is 2.38 bits per heavy atom. The van der Waals surface area contributed by atoms with Crippen molar-refractivity contribution in [2.75, 3.05) is 18.5 Å². The summed E-state index contributed by atoms with van der Waals surface area (Å²) in [5.74, 6) is 1.26. The largest absolute Gasteiger partial charge is 0.493 e. The fourth-order valence-corrected chi connectivity index (χ4v) is 2.32. The minimum Gasteiger partial charge on any atom is -0.493 e. The first-order valence-corrected chi connectivity index (χ1v) is 9.17. The number of rotatable bonds is 10. The van der Waals surface area contributed by atoms with E-state index in [9.17, 15) is 4.79 Å². The molecule has 0 aliphatic heterocycles. The van der Waals surface area contributed by atoms with Gasteiger partial charge in [-0.05, 0) is 37.1 Å². The van der Waals surface area contributed by atoms with Crippen LogP contribution in [0, 0.1) is 0 Å². The summed E-state index contributed by atoms with van der Waals surface area (Å²) in [6.45, 7) is 5.47. The molecule has 0 saturated heterocycles. The number of nitrogens with one attached hydrogen (secondary N) is 1. The number of para-hydroxylation sites is 3. The molecule has 0 radical (unpaired) electrons. The van der Waals surface area contributed by atoms with E-state index in [0.29, 0.717) is 24.7 Å². The van der Waals surface area contributed by atoms with Gasteiger partial charge in [-0.15, -0.1) is 0 Å². The van der Waals surface area contributed by atoms with Crippen LogP contribution in [-0.2, 0) is 4.79 Å². The maximum atomic E-state index is 12.3. The normalized spacial score (nSPS) is 10.7. The van der Waals surface area contributed by atoms with Crippen molar-refractivity contribution in [1.29, 1.82) is 0 Å². The fourth-order valence-electron chi connectivity index (χ4n) is 2.32. The molecule has 1 N–H and O–H groups in total. The summed E-state index contributed by atoms with van der Waals surface area (Å²) < 4.78 is 11.5. The van der Waals surface area contributed by atoms with Gasteiger partial charge in [0.25, 0.3) is 0 Å². The molecule has 1 amide bonds. The van der Waals surface area contributed by atoms with Gasteiger partial charge in [-0.25, -0.2) is 0 Å². The molecular formula is C22H27NO3. The lowest BCUT2D eigenvalue weighted by Gasteiger charge is -2.11. The van der Waals surface area contributed by atoms with E-state index in [-0.39, 0.29) is 5.91 Å². The summed E-state index contributed by atoms with van der Waals surface area (Å²) in [6.07, 6.45) is 6.26. The van der Waals surface area contributed by atoms with Crippen molar-refractivity contribution < 1.29 is 14.3 Å². The molecule has 0 saturated carbocycles. The van der Waals surface area contributed by atoms with Gasteiger partial charge in [-0.3, -0.25) is 4.79 Å². The number of amides is 1. The Hall–Kier alpha value is -2.75. The van der Waals surface area contributed by atoms with E-state index < -0.39 is 0 Å². The predicted molar refractivity (Wildman–Crippen MR) is 107 cm³/mol. The fraction of sp³-hybridized carbons (Fsp3) is 0.318. The van der Waals surface area contributed by atoms with E-state index in [1.807, 2.05) is 48.5 Å². The monoisotopic (exact) mass is 353 g/mol. The lowest BCUT2D eigenvalue weighted by Crippen LogP contribution is -2.09. The Labute approximate surface area is 155 Å². The van der Waals surface area contributed by atoms with Crippen molar-refractivity contribution in [3.8, 4) is 11.5 Å². The van der Waals surface area contributed by atoms with Gasteiger partial charge in [0.15, 0.2) is 0 Å². The molecule has 0 atom stereocenters. The van der Waals surface area contributed by atoms with Crippen LogP contribution in [-0.4, -0.2) is 19.1 Å². The van der Waals surface area contributed by atoms with Crippen molar-refractivity contribution in [2.24, 2.45) is 0 Å². The zero-order chi connectivity index (χ0) is 18.6. The number of carbonyl (C=O) groups excluding carboxylic acids is 1. The Balaban J connectivity index is 2.02. The van der Waals surface area contributed by atoms with E-state index in [0.717, 1.165) is 30.6 Å². The molecule has 0 aromatic heterocycles. The molecule has 0 spiro atoms. The maximum absolute atomic E-state index is 12.3. The van der Waals surface area contributed by atoms with Crippen LogP contribution in [0.4, 0.5) is 5.69 Å². The van der Waals surface area contributed by atoms with Gasteiger partial charge < -0.3 is 14.8 Å². The van der Waals surface area contributed by atoms with Crippen molar-refractivity contribution in [1.82, 2.24) is 0 Å². The Bertz CT molecular complexity index is 725. The van der Waals surface area contributed by atoms with Crippen molar-refractivity contribution >= 4 is 17.7 Å². The molecule has 0 aliphatic rings. The van der Waals surface area contributed by atoms with Gasteiger partial charge in [0, 0.05) is 11.6 Å². The topological polar surface area (TPSA) is 47.6 Å². The van der Waals surface area contributed by atoms with Gasteiger partial charge >= 0.3 is 0 Å². The average molecular weight is 353 g/mol. The van der Waals surface area contributed by atoms with E-state index in [2.05, 4.69) is 19.2 Å². The van der Waals surface area contributed by atoms with Gasteiger partial charge in [0.05, 0.1) is 18.9 Å². The first kappa shape index (κ1) is 19.6. The molecule has 0 bridgehead atoms. The van der Waals surface area contributed by atoms with Crippen molar-refractivity contribution in [3.63, 3.8) is 0 Å². The first-order chi connectivity index (χ1) is 12.7. The predicted octanol–water partition coefficient (Wildman–Crippen LogP) is 5.31. The lowest BCUT2D eigenvalue weighted by molar-refractivity contribution is -0.111. The van der Waals surface area contributed by atoms with Gasteiger partial charge in [-0.1, -0.05) is 50.6 Å². The summed E-state index contributed by atoms with van der Waals surface area (Å²) in [5, 5.41) is 2.88. The summed E-state index contributed by atoms with van der Waals surface area (Å²) in [5.41, 5.74) is 1.55. The highest BCUT2D eigenvalue weighted by atomic mass is 16.5. The smallest absolute Gasteiger partial charge is 0.248 e. The van der Waals surface area contributed by atoms with Gasteiger partial charge in [0.1, 0.15) is 11.5 Å². The number of unbranched alkanes of at least 4 members (excludes halogenated alkanes) is 1. The molecule has 0 heterocycles. The second-order valence-electron chi connectivity index (χ2n) is 5.91. The standard InChI is InChI=1S/C22H27NO3/c1-3-5-17-26-21-13-9-7-11-19(21)23-22(24)15-14-18-10-6-8-12-20(18)25-16-4-2/h6-15H,3-5,16-17H2,1-2H3,(H,23,24)/b15-14+. The number of hydrogen-bond acceptors (Lipinski definition) is 3. The number of anilines is 1. The molecule has 2 aromatic carbocycles. The van der Waals surface area contributed by atoms with Crippen LogP contribution in [0.1, 0.15) is 38.7 Å². The zero-order valence-electron chi connectivity index (χ0n) is 15.5. The summed E-state index contributed by atoms with van der Waals surface area (Å²) in [4.78, 5) is 12.3. The van der Waals surface area contributed by atoms with Crippen LogP contribution in [0.5, 0.6) is 11.5 Å². The number of ether oxygens (including phenoxy) is 2. The second-order valence-corrected chi connectivity index (χ2v) is 5.91. The Morgan fingerprint density at radius 1 is 0.923 bits per heavy atom. The highest BCUT2D eigenvalue weighted by Crippen LogP contribution is 2.24. The Kier molecular flexibility index (Phi) is 8.27. The molecule has 138 valence electrons. The minimum atomic E-state index is -0.207. The average Bonchev–Trinajstić information content (AvgIpc) is 2.67. The highest BCUT2D eigenvalue weighted by Gasteiger charge is 2.06. The van der Waals surface area contributed by atoms with Crippen molar-refractivity contribution in [3.05, 3.63) is 60.2 Å². The number of carbonyl (C=O) groups is 1. The molecular weight excluding hydrogens is 326 g/mol. The molecule has 0 aliphatic carbocycles. The van der Waals surface area contributed by atoms with Crippen LogP contribution in [0.25, 0.3) is 6.08 Å². The molecule has 2 aromatic rings. The van der Waals surface area contributed by atoms with Crippen molar-refractivity contribution in [2.45, 2.75) is 33.1 Å².